The Morgan fingerprint density at radius 2 is 1.76 bits per heavy atom. The van der Waals surface area contributed by atoms with Crippen LogP contribution in [0.1, 0.15) is 54.4 Å². The van der Waals surface area contributed by atoms with E-state index in [0.29, 0.717) is 18.7 Å². The van der Waals surface area contributed by atoms with Gasteiger partial charge in [0.1, 0.15) is 5.82 Å². The number of allylic oxidation sites excluding steroid dienone is 1. The smallest absolute Gasteiger partial charge is 0.251 e. The van der Waals surface area contributed by atoms with Gasteiger partial charge in [-0.1, -0.05) is 55.0 Å². The Morgan fingerprint density at radius 1 is 0.947 bits per heavy atom. The van der Waals surface area contributed by atoms with E-state index in [1.807, 2.05) is 73.7 Å². The number of fused-ring (bicyclic) bond motifs is 1. The van der Waals surface area contributed by atoms with Crippen LogP contribution >= 0.6 is 0 Å². The van der Waals surface area contributed by atoms with Crippen LogP contribution in [0.15, 0.2) is 78.9 Å². The number of benzene rings is 3. The van der Waals surface area contributed by atoms with Crippen LogP contribution in [-0.2, 0) is 13.0 Å². The molecule has 0 unspecified atom stereocenters. The molecule has 4 aromatic rings. The van der Waals surface area contributed by atoms with Crippen molar-refractivity contribution < 1.29 is 14.3 Å². The number of aryl methyl sites for hydroxylation is 2. The SMILES string of the molecule is C/C=C/c1ccc(OCCCn2c(CCCCCNC(=O)c3ccccc3)nc3ccccc32)c(OC)c1. The molecule has 0 aliphatic heterocycles. The molecule has 4 rings (SSSR count). The van der Waals surface area contributed by atoms with Gasteiger partial charge in [-0.15, -0.1) is 0 Å². The summed E-state index contributed by atoms with van der Waals surface area (Å²) in [5, 5.41) is 3.01. The highest BCUT2D eigenvalue weighted by atomic mass is 16.5. The Kier molecular flexibility index (Phi) is 9.96. The molecule has 0 aliphatic rings. The average molecular weight is 512 g/mol. The number of para-hydroxylation sites is 2. The van der Waals surface area contributed by atoms with E-state index in [1.165, 1.54) is 0 Å². The number of hydrogen-bond acceptors (Lipinski definition) is 4. The Morgan fingerprint density at radius 3 is 2.58 bits per heavy atom. The summed E-state index contributed by atoms with van der Waals surface area (Å²) >= 11 is 0. The van der Waals surface area contributed by atoms with Crippen molar-refractivity contribution in [1.82, 2.24) is 14.9 Å². The van der Waals surface area contributed by atoms with Crippen molar-refractivity contribution in [2.45, 2.75) is 45.6 Å². The van der Waals surface area contributed by atoms with Gasteiger partial charge in [-0.3, -0.25) is 4.79 Å². The second-order valence-corrected chi connectivity index (χ2v) is 9.21. The summed E-state index contributed by atoms with van der Waals surface area (Å²) in [7, 11) is 1.67. The summed E-state index contributed by atoms with van der Waals surface area (Å²) in [5.74, 6) is 2.60. The molecule has 6 nitrogen and oxygen atoms in total. The maximum atomic E-state index is 12.2. The predicted molar refractivity (Wildman–Crippen MR) is 154 cm³/mol. The van der Waals surface area contributed by atoms with Crippen LogP contribution in [0.2, 0.25) is 0 Å². The molecule has 6 heteroatoms. The minimum absolute atomic E-state index is 0.0130. The van der Waals surface area contributed by atoms with Gasteiger partial charge in [0.15, 0.2) is 11.5 Å². The minimum Gasteiger partial charge on any atom is -0.493 e. The van der Waals surface area contributed by atoms with E-state index in [-0.39, 0.29) is 5.91 Å². The normalized spacial score (nSPS) is 11.2. The van der Waals surface area contributed by atoms with Gasteiger partial charge in [0.2, 0.25) is 0 Å². The van der Waals surface area contributed by atoms with Gasteiger partial charge in [0.05, 0.1) is 24.8 Å². The fourth-order valence-electron chi connectivity index (χ4n) is 4.55. The molecule has 0 spiro atoms. The van der Waals surface area contributed by atoms with Gasteiger partial charge in [-0.25, -0.2) is 4.98 Å². The van der Waals surface area contributed by atoms with Gasteiger partial charge in [-0.2, -0.15) is 0 Å². The van der Waals surface area contributed by atoms with Crippen LogP contribution in [-0.4, -0.2) is 35.7 Å². The molecule has 0 saturated carbocycles. The van der Waals surface area contributed by atoms with Crippen molar-refractivity contribution in [2.24, 2.45) is 0 Å². The Balaban J connectivity index is 1.27. The third kappa shape index (κ3) is 7.25. The number of carbonyl (C=O) groups is 1. The van der Waals surface area contributed by atoms with Crippen molar-refractivity contribution in [3.63, 3.8) is 0 Å². The number of carbonyl (C=O) groups excluding carboxylic acids is 1. The zero-order chi connectivity index (χ0) is 26.6. The maximum Gasteiger partial charge on any atom is 0.251 e. The number of rotatable bonds is 14. The number of nitrogens with one attached hydrogen (secondary N) is 1. The van der Waals surface area contributed by atoms with Crippen molar-refractivity contribution in [1.29, 1.82) is 0 Å². The molecule has 0 saturated heterocycles. The summed E-state index contributed by atoms with van der Waals surface area (Å²) in [6.45, 7) is 4.10. The number of nitrogens with zero attached hydrogens (tertiary/aromatic N) is 2. The standard InChI is InChI=1S/C32H37N3O3/c1-3-13-25-19-20-29(30(24-25)37-2)38-23-12-22-35-28-17-10-9-16-27(28)34-31(35)18-8-5-11-21-33-32(36)26-14-6-4-7-15-26/h3-4,6-7,9-10,13-17,19-20,24H,5,8,11-12,18,21-23H2,1-2H3,(H,33,36)/b13-3+. The number of ether oxygens (including phenoxy) is 2. The van der Waals surface area contributed by atoms with Gasteiger partial charge < -0.3 is 19.4 Å². The number of amides is 1. The number of imidazole rings is 1. The quantitative estimate of drug-likeness (QED) is 0.192. The zero-order valence-corrected chi connectivity index (χ0v) is 22.4. The summed E-state index contributed by atoms with van der Waals surface area (Å²) in [4.78, 5) is 17.1. The van der Waals surface area contributed by atoms with Crippen LogP contribution in [0, 0.1) is 0 Å². The topological polar surface area (TPSA) is 65.4 Å². The lowest BCUT2D eigenvalue weighted by molar-refractivity contribution is 0.0953. The van der Waals surface area contributed by atoms with Crippen molar-refractivity contribution >= 4 is 23.0 Å². The molecule has 1 heterocycles. The van der Waals surface area contributed by atoms with Crippen molar-refractivity contribution in [3.05, 3.63) is 95.8 Å². The highest BCUT2D eigenvalue weighted by Crippen LogP contribution is 2.29. The van der Waals surface area contributed by atoms with E-state index in [9.17, 15) is 4.79 Å². The van der Waals surface area contributed by atoms with Crippen molar-refractivity contribution in [3.8, 4) is 11.5 Å². The van der Waals surface area contributed by atoms with Crippen LogP contribution in [0.25, 0.3) is 17.1 Å². The maximum absolute atomic E-state index is 12.2. The molecular weight excluding hydrogens is 474 g/mol. The molecule has 3 aromatic carbocycles. The van der Waals surface area contributed by atoms with Crippen molar-refractivity contribution in [2.75, 3.05) is 20.3 Å². The molecule has 0 fully saturated rings. The Labute approximate surface area is 225 Å². The first kappa shape index (κ1) is 27.0. The summed E-state index contributed by atoms with van der Waals surface area (Å²) in [6, 6.07) is 23.6. The molecular formula is C32H37N3O3. The Hall–Kier alpha value is -4.06. The highest BCUT2D eigenvalue weighted by Gasteiger charge is 2.11. The van der Waals surface area contributed by atoms with Crippen LogP contribution < -0.4 is 14.8 Å². The minimum atomic E-state index is -0.0130. The highest BCUT2D eigenvalue weighted by molar-refractivity contribution is 5.94. The fourth-order valence-corrected chi connectivity index (χ4v) is 4.55. The number of unbranched alkanes of at least 4 members (excludes halogenated alkanes) is 2. The lowest BCUT2D eigenvalue weighted by Crippen LogP contribution is -2.24. The first-order chi connectivity index (χ1) is 18.7. The van der Waals surface area contributed by atoms with E-state index >= 15 is 0 Å². The van der Waals surface area contributed by atoms with E-state index < -0.39 is 0 Å². The second-order valence-electron chi connectivity index (χ2n) is 9.21. The Bertz CT molecular complexity index is 1340. The predicted octanol–water partition coefficient (Wildman–Crippen LogP) is 6.69. The third-order valence-electron chi connectivity index (χ3n) is 6.46. The van der Waals surface area contributed by atoms with Gasteiger partial charge >= 0.3 is 0 Å². The summed E-state index contributed by atoms with van der Waals surface area (Å²) in [6.07, 6.45) is 8.81. The van der Waals surface area contributed by atoms with E-state index in [0.717, 1.165) is 72.6 Å². The molecule has 1 amide bonds. The molecule has 0 bridgehead atoms. The largest absolute Gasteiger partial charge is 0.493 e. The van der Waals surface area contributed by atoms with E-state index in [4.69, 9.17) is 14.5 Å². The number of methoxy groups -OCH3 is 1. The van der Waals surface area contributed by atoms with E-state index in [2.05, 4.69) is 28.1 Å². The van der Waals surface area contributed by atoms with Crippen LogP contribution in [0.3, 0.4) is 0 Å². The van der Waals surface area contributed by atoms with E-state index in [1.54, 1.807) is 7.11 Å². The molecule has 0 atom stereocenters. The van der Waals surface area contributed by atoms with Gasteiger partial charge in [0.25, 0.3) is 5.91 Å². The molecule has 0 aliphatic carbocycles. The average Bonchev–Trinajstić information content (AvgIpc) is 3.31. The molecule has 1 aromatic heterocycles. The monoisotopic (exact) mass is 511 g/mol. The van der Waals surface area contributed by atoms with Crippen LogP contribution in [0.4, 0.5) is 0 Å². The van der Waals surface area contributed by atoms with Gasteiger partial charge in [-0.05, 0) is 68.1 Å². The second kappa shape index (κ2) is 14.0. The summed E-state index contributed by atoms with van der Waals surface area (Å²) in [5.41, 5.74) is 3.98. The third-order valence-corrected chi connectivity index (χ3v) is 6.46. The number of hydrogen-bond donors (Lipinski definition) is 1. The molecule has 38 heavy (non-hydrogen) atoms. The lowest BCUT2D eigenvalue weighted by atomic mass is 10.1. The van der Waals surface area contributed by atoms with Crippen LogP contribution in [0.5, 0.6) is 11.5 Å². The zero-order valence-electron chi connectivity index (χ0n) is 22.4. The lowest BCUT2D eigenvalue weighted by Gasteiger charge is -2.13. The molecule has 198 valence electrons. The number of aromatic nitrogens is 2. The fraction of sp³-hybridized carbons (Fsp3) is 0.312. The van der Waals surface area contributed by atoms with Gasteiger partial charge in [0, 0.05) is 25.1 Å². The summed E-state index contributed by atoms with van der Waals surface area (Å²) < 4.78 is 13.9. The molecule has 1 N–H and O–H groups in total. The molecule has 0 radical (unpaired) electrons. The first-order valence-electron chi connectivity index (χ1n) is 13.4. The first-order valence-corrected chi connectivity index (χ1v) is 13.4.